The molecule has 2 unspecified atom stereocenters. The van der Waals surface area contributed by atoms with Crippen molar-refractivity contribution in [1.29, 1.82) is 0 Å². The highest BCUT2D eigenvalue weighted by molar-refractivity contribution is 7.21. The summed E-state index contributed by atoms with van der Waals surface area (Å²) < 4.78 is 1.40. The van der Waals surface area contributed by atoms with Crippen molar-refractivity contribution in [2.24, 2.45) is 11.8 Å². The number of thiophene rings is 1. The van der Waals surface area contributed by atoms with Crippen LogP contribution in [0.15, 0.2) is 109 Å². The van der Waals surface area contributed by atoms with Gasteiger partial charge in [0, 0.05) is 9.58 Å². The SMILES string of the molecule is C1=CC(c2cc3ccc4ccccc4c3s2)=CC(C2C=c3c(c4ccccc4c4ccccc34)=CC2)C1. The highest BCUT2D eigenvalue weighted by Gasteiger charge is 2.22. The Morgan fingerprint density at radius 3 is 2.03 bits per heavy atom. The molecule has 6 aromatic rings. The minimum atomic E-state index is 0.507. The topological polar surface area (TPSA) is 0 Å². The van der Waals surface area contributed by atoms with E-state index in [1.54, 1.807) is 0 Å². The van der Waals surface area contributed by atoms with Crippen LogP contribution < -0.4 is 10.4 Å². The van der Waals surface area contributed by atoms with E-state index in [1.165, 1.54) is 63.3 Å². The summed E-state index contributed by atoms with van der Waals surface area (Å²) in [6.45, 7) is 0. The molecular weight excluding hydrogens is 464 g/mol. The number of hydrogen-bond acceptors (Lipinski definition) is 1. The van der Waals surface area contributed by atoms with Gasteiger partial charge in [-0.15, -0.1) is 11.3 Å². The van der Waals surface area contributed by atoms with Crippen molar-refractivity contribution in [1.82, 2.24) is 0 Å². The molecule has 0 radical (unpaired) electrons. The summed E-state index contributed by atoms with van der Waals surface area (Å²) in [6.07, 6.45) is 14.6. The van der Waals surface area contributed by atoms with Gasteiger partial charge in [0.1, 0.15) is 0 Å². The van der Waals surface area contributed by atoms with Crippen LogP contribution in [0.25, 0.3) is 60.1 Å². The molecule has 0 N–H and O–H groups in total. The maximum atomic E-state index is 2.58. The molecule has 2 atom stereocenters. The standard InChI is InChI=1S/C36H26S/c1-2-11-28-23(8-1)16-17-27-22-35(37-36(27)28)26-10-7-9-24(20-26)25-18-19-33-31-14-4-3-12-29(31)30-13-5-6-15-32(30)34(33)21-25/h1-8,10-17,19-22,24-25H,9,18H2. The van der Waals surface area contributed by atoms with Crippen molar-refractivity contribution >= 4 is 71.5 Å². The quantitative estimate of drug-likeness (QED) is 0.213. The van der Waals surface area contributed by atoms with Gasteiger partial charge in [-0.2, -0.15) is 0 Å². The van der Waals surface area contributed by atoms with Gasteiger partial charge in [0.05, 0.1) is 0 Å². The number of rotatable bonds is 2. The lowest BCUT2D eigenvalue weighted by molar-refractivity contribution is 0.511. The molecule has 0 spiro atoms. The molecule has 5 aromatic carbocycles. The summed E-state index contributed by atoms with van der Waals surface area (Å²) in [6, 6.07) is 33.5. The Morgan fingerprint density at radius 2 is 1.22 bits per heavy atom. The third-order valence-electron chi connectivity index (χ3n) is 8.33. The van der Waals surface area contributed by atoms with Gasteiger partial charge in [0.25, 0.3) is 0 Å². The van der Waals surface area contributed by atoms with E-state index in [0.717, 1.165) is 12.8 Å². The van der Waals surface area contributed by atoms with Crippen molar-refractivity contribution in [2.45, 2.75) is 12.8 Å². The first-order valence-corrected chi connectivity index (χ1v) is 14.1. The highest BCUT2D eigenvalue weighted by Crippen LogP contribution is 2.39. The molecule has 0 amide bonds. The van der Waals surface area contributed by atoms with Crippen molar-refractivity contribution in [3.8, 4) is 0 Å². The normalized spacial score (nSPS) is 19.1. The second-order valence-electron chi connectivity index (χ2n) is 10.4. The van der Waals surface area contributed by atoms with Crippen molar-refractivity contribution < 1.29 is 0 Å². The zero-order chi connectivity index (χ0) is 24.3. The van der Waals surface area contributed by atoms with E-state index in [0.29, 0.717) is 11.8 Å². The van der Waals surface area contributed by atoms with Crippen LogP contribution in [0, 0.1) is 11.8 Å². The van der Waals surface area contributed by atoms with Crippen LogP contribution in [-0.2, 0) is 0 Å². The van der Waals surface area contributed by atoms with E-state index < -0.39 is 0 Å². The molecule has 0 nitrogen and oxygen atoms in total. The van der Waals surface area contributed by atoms with Crippen molar-refractivity contribution in [2.75, 3.05) is 0 Å². The first-order valence-electron chi connectivity index (χ1n) is 13.2. The lowest BCUT2D eigenvalue weighted by Crippen LogP contribution is -2.32. The zero-order valence-electron chi connectivity index (χ0n) is 20.5. The number of hydrogen-bond donors (Lipinski definition) is 0. The molecule has 1 heterocycles. The fourth-order valence-electron chi connectivity index (χ4n) is 6.51. The third-order valence-corrected chi connectivity index (χ3v) is 9.57. The van der Waals surface area contributed by atoms with Gasteiger partial charge in [-0.05, 0) is 84.5 Å². The van der Waals surface area contributed by atoms with Crippen molar-refractivity contribution in [3.05, 3.63) is 125 Å². The first kappa shape index (κ1) is 21.2. The summed E-state index contributed by atoms with van der Waals surface area (Å²) in [7, 11) is 0. The van der Waals surface area contributed by atoms with Crippen molar-refractivity contribution in [3.63, 3.8) is 0 Å². The Hall–Kier alpha value is -3.94. The number of allylic oxidation sites excluding steroid dienone is 4. The van der Waals surface area contributed by atoms with E-state index in [2.05, 4.69) is 121 Å². The van der Waals surface area contributed by atoms with Gasteiger partial charge >= 0.3 is 0 Å². The van der Waals surface area contributed by atoms with Crippen LogP contribution in [0.5, 0.6) is 0 Å². The van der Waals surface area contributed by atoms with E-state index in [9.17, 15) is 0 Å². The van der Waals surface area contributed by atoms with Gasteiger partial charge < -0.3 is 0 Å². The highest BCUT2D eigenvalue weighted by atomic mass is 32.1. The van der Waals surface area contributed by atoms with Gasteiger partial charge in [0.2, 0.25) is 0 Å². The Labute approximate surface area is 220 Å². The lowest BCUT2D eigenvalue weighted by atomic mass is 9.79. The second kappa shape index (κ2) is 8.30. The molecule has 1 heteroatoms. The fraction of sp³-hybridized carbons (Fsp3) is 0.111. The van der Waals surface area contributed by atoms with E-state index in [1.807, 2.05) is 11.3 Å². The maximum Gasteiger partial charge on any atom is 0.0427 e. The number of benzene rings is 5. The summed E-state index contributed by atoms with van der Waals surface area (Å²) in [5.41, 5.74) is 1.38. The molecule has 37 heavy (non-hydrogen) atoms. The van der Waals surface area contributed by atoms with Gasteiger partial charge in [0.15, 0.2) is 0 Å². The zero-order valence-corrected chi connectivity index (χ0v) is 21.3. The average molecular weight is 491 g/mol. The minimum Gasteiger partial charge on any atom is -0.135 e. The second-order valence-corrected chi connectivity index (χ2v) is 11.5. The smallest absolute Gasteiger partial charge is 0.0427 e. The van der Waals surface area contributed by atoms with E-state index in [-0.39, 0.29) is 0 Å². The van der Waals surface area contributed by atoms with Gasteiger partial charge in [-0.1, -0.05) is 115 Å². The Balaban J connectivity index is 1.24. The van der Waals surface area contributed by atoms with Crippen LogP contribution in [0.4, 0.5) is 0 Å². The lowest BCUT2D eigenvalue weighted by Gasteiger charge is -2.25. The molecule has 2 aliphatic carbocycles. The van der Waals surface area contributed by atoms with Crippen LogP contribution in [0.2, 0.25) is 0 Å². The predicted molar refractivity (Wildman–Crippen MR) is 162 cm³/mol. The minimum absolute atomic E-state index is 0.507. The average Bonchev–Trinajstić information content (AvgIpc) is 3.42. The van der Waals surface area contributed by atoms with Gasteiger partial charge in [-0.25, -0.2) is 0 Å². The summed E-state index contributed by atoms with van der Waals surface area (Å²) in [5, 5.41) is 12.3. The van der Waals surface area contributed by atoms with Crippen LogP contribution in [0.1, 0.15) is 17.7 Å². The molecule has 8 rings (SSSR count). The van der Waals surface area contributed by atoms with Crippen LogP contribution in [0.3, 0.4) is 0 Å². The van der Waals surface area contributed by atoms with E-state index >= 15 is 0 Å². The molecule has 0 bridgehead atoms. The van der Waals surface area contributed by atoms with E-state index in [4.69, 9.17) is 0 Å². The number of fused-ring (bicyclic) bond motifs is 9. The first-order chi connectivity index (χ1) is 18.3. The fourth-order valence-corrected chi connectivity index (χ4v) is 7.71. The molecule has 0 aliphatic heterocycles. The summed E-state index contributed by atoms with van der Waals surface area (Å²) >= 11 is 1.94. The third kappa shape index (κ3) is 3.35. The van der Waals surface area contributed by atoms with Crippen LogP contribution in [-0.4, -0.2) is 0 Å². The summed E-state index contributed by atoms with van der Waals surface area (Å²) in [4.78, 5) is 1.38. The Bertz CT molecular complexity index is 2050. The Morgan fingerprint density at radius 1 is 0.568 bits per heavy atom. The molecule has 176 valence electrons. The largest absolute Gasteiger partial charge is 0.135 e. The predicted octanol–water partition coefficient (Wildman–Crippen LogP) is 8.60. The summed E-state index contributed by atoms with van der Waals surface area (Å²) in [5.74, 6) is 1.02. The molecule has 2 aliphatic rings. The van der Waals surface area contributed by atoms with Gasteiger partial charge in [-0.3, -0.25) is 0 Å². The molecule has 1 aromatic heterocycles. The molecule has 0 saturated carbocycles. The van der Waals surface area contributed by atoms with Crippen LogP contribution >= 0.6 is 11.3 Å². The molecular formula is C36H26S. The molecule has 0 fully saturated rings. The Kier molecular flexibility index (Phi) is 4.75. The molecule has 0 saturated heterocycles. The maximum absolute atomic E-state index is 2.58. The monoisotopic (exact) mass is 490 g/mol.